The largest absolute Gasteiger partial charge is 0.376 e. The molecule has 6 nitrogen and oxygen atoms in total. The first-order valence-electron chi connectivity index (χ1n) is 6.21. The van der Waals surface area contributed by atoms with Crippen molar-refractivity contribution in [3.8, 4) is 0 Å². The quantitative estimate of drug-likeness (QED) is 0.834. The average molecular weight is 283 g/mol. The van der Waals surface area contributed by atoms with E-state index in [2.05, 4.69) is 29.1 Å². The van der Waals surface area contributed by atoms with Gasteiger partial charge in [-0.2, -0.15) is 0 Å². The van der Waals surface area contributed by atoms with Crippen molar-refractivity contribution in [2.45, 2.75) is 25.4 Å². The van der Waals surface area contributed by atoms with Crippen LogP contribution in [0.5, 0.6) is 0 Å². The van der Waals surface area contributed by atoms with Crippen LogP contribution >= 0.6 is 11.6 Å². The smallest absolute Gasteiger partial charge is 0.324 e. The minimum atomic E-state index is -0.303. The van der Waals surface area contributed by atoms with Crippen molar-refractivity contribution in [2.75, 3.05) is 18.1 Å². The third-order valence-corrected chi connectivity index (χ3v) is 3.81. The molecule has 2 saturated heterocycles. The monoisotopic (exact) mass is 282 g/mol. The second kappa shape index (κ2) is 4.31. The van der Waals surface area contributed by atoms with Crippen molar-refractivity contribution >= 4 is 23.4 Å². The van der Waals surface area contributed by atoms with Gasteiger partial charge >= 0.3 is 6.03 Å². The number of carbonyl (C=O) groups is 1. The molecule has 0 aliphatic carbocycles. The Bertz CT molecular complexity index is 518. The van der Waals surface area contributed by atoms with E-state index in [4.69, 9.17) is 16.3 Å². The van der Waals surface area contributed by atoms with Gasteiger partial charge in [0.2, 0.25) is 5.28 Å². The molecule has 102 valence electrons. The number of ether oxygens (including phenoxy) is 1. The zero-order valence-corrected chi connectivity index (χ0v) is 11.5. The lowest BCUT2D eigenvalue weighted by molar-refractivity contribution is -0.0757. The van der Waals surface area contributed by atoms with E-state index in [0.29, 0.717) is 19.0 Å². The fraction of sp³-hybridized carbons (Fsp3) is 0.583. The van der Waals surface area contributed by atoms with Gasteiger partial charge in [-0.25, -0.2) is 14.8 Å². The predicted octanol–water partition coefficient (Wildman–Crippen LogP) is 1.45. The maximum Gasteiger partial charge on any atom is 0.324 e. The topological polar surface area (TPSA) is 67.4 Å². The average Bonchev–Trinajstić information content (AvgIpc) is 2.62. The zero-order chi connectivity index (χ0) is 13.6. The highest BCUT2D eigenvalue weighted by Crippen LogP contribution is 2.37. The molecule has 2 amide bonds. The maximum atomic E-state index is 12.3. The Morgan fingerprint density at radius 1 is 1.58 bits per heavy atom. The molecule has 1 N–H and O–H groups in total. The molecule has 3 rings (SSSR count). The molecule has 7 heteroatoms. The Morgan fingerprint density at radius 3 is 2.84 bits per heavy atom. The summed E-state index contributed by atoms with van der Waals surface area (Å²) in [4.78, 5) is 21.9. The molecule has 1 aromatic rings. The molecule has 3 heterocycles. The normalized spacial score (nSPS) is 24.7. The molecule has 0 saturated carbocycles. The van der Waals surface area contributed by atoms with E-state index in [1.807, 2.05) is 0 Å². The third-order valence-electron chi connectivity index (χ3n) is 3.63. The summed E-state index contributed by atoms with van der Waals surface area (Å²) in [5, 5.41) is 3.16. The number of aromatic nitrogens is 2. The highest BCUT2D eigenvalue weighted by atomic mass is 35.5. The number of hydrogen-bond acceptors (Lipinski definition) is 4. The Labute approximate surface area is 116 Å². The highest BCUT2D eigenvalue weighted by Gasteiger charge is 2.57. The number of rotatable bonds is 2. The first kappa shape index (κ1) is 12.6. The molecule has 0 bridgehead atoms. The van der Waals surface area contributed by atoms with E-state index < -0.39 is 0 Å². The highest BCUT2D eigenvalue weighted by molar-refractivity contribution is 6.28. The lowest BCUT2D eigenvalue weighted by Gasteiger charge is -2.44. The van der Waals surface area contributed by atoms with Crippen LogP contribution in [0, 0.1) is 5.92 Å². The Morgan fingerprint density at radius 2 is 2.32 bits per heavy atom. The number of carbonyl (C=O) groups excluding carboxylic acids is 1. The lowest BCUT2D eigenvalue weighted by atomic mass is 9.82. The van der Waals surface area contributed by atoms with Gasteiger partial charge in [0, 0.05) is 6.20 Å². The van der Waals surface area contributed by atoms with Gasteiger partial charge < -0.3 is 10.1 Å². The molecule has 1 unspecified atom stereocenters. The molecule has 19 heavy (non-hydrogen) atoms. The predicted molar refractivity (Wildman–Crippen MR) is 70.2 cm³/mol. The molecule has 2 aliphatic rings. The van der Waals surface area contributed by atoms with E-state index in [1.54, 1.807) is 17.2 Å². The van der Waals surface area contributed by atoms with Gasteiger partial charge in [0.25, 0.3) is 0 Å². The Hall–Kier alpha value is -1.40. The number of nitrogens with zero attached hydrogens (tertiary/aromatic N) is 3. The minimum Gasteiger partial charge on any atom is -0.376 e. The van der Waals surface area contributed by atoms with Gasteiger partial charge in [0.15, 0.2) is 0 Å². The summed E-state index contributed by atoms with van der Waals surface area (Å²) in [5.41, 5.74) is -0.303. The maximum absolute atomic E-state index is 12.3. The van der Waals surface area contributed by atoms with Gasteiger partial charge in [-0.15, -0.1) is 0 Å². The van der Waals surface area contributed by atoms with E-state index in [-0.39, 0.29) is 28.8 Å². The summed E-state index contributed by atoms with van der Waals surface area (Å²) < 4.78 is 5.30. The van der Waals surface area contributed by atoms with E-state index in [0.717, 1.165) is 0 Å². The summed E-state index contributed by atoms with van der Waals surface area (Å²) in [6.45, 7) is 5.25. The summed E-state index contributed by atoms with van der Waals surface area (Å²) in [6, 6.07) is 1.54. The van der Waals surface area contributed by atoms with Crippen LogP contribution in [0.1, 0.15) is 13.8 Å². The molecule has 1 atom stereocenters. The molecule has 1 spiro atoms. The van der Waals surface area contributed by atoms with Crippen molar-refractivity contribution in [2.24, 2.45) is 5.92 Å². The molecule has 0 aromatic carbocycles. The number of nitrogens with one attached hydrogen (secondary N) is 1. The van der Waals surface area contributed by atoms with Gasteiger partial charge in [0.1, 0.15) is 11.4 Å². The summed E-state index contributed by atoms with van der Waals surface area (Å²) in [7, 11) is 0. The SMILES string of the molecule is CC(C)C1N(c2ccnc(Cl)n2)C(=O)NC12COC2. The van der Waals surface area contributed by atoms with Crippen LogP contribution in [0.2, 0.25) is 5.28 Å². The minimum absolute atomic E-state index is 0.000262. The van der Waals surface area contributed by atoms with Crippen LogP contribution in [-0.4, -0.2) is 40.8 Å². The second-order valence-electron chi connectivity index (χ2n) is 5.32. The molecule has 2 fully saturated rings. The molecular formula is C12H15ClN4O2. The lowest BCUT2D eigenvalue weighted by Crippen LogP contribution is -2.65. The number of halogens is 1. The third kappa shape index (κ3) is 1.86. The van der Waals surface area contributed by atoms with Crippen LogP contribution in [0.15, 0.2) is 12.3 Å². The summed E-state index contributed by atoms with van der Waals surface area (Å²) in [5.74, 6) is 0.802. The molecule has 0 radical (unpaired) electrons. The van der Waals surface area contributed by atoms with Crippen molar-refractivity contribution in [1.29, 1.82) is 0 Å². The van der Waals surface area contributed by atoms with E-state index in [1.165, 1.54) is 0 Å². The van der Waals surface area contributed by atoms with Crippen LogP contribution in [-0.2, 0) is 4.74 Å². The fourth-order valence-corrected chi connectivity index (χ4v) is 3.07. The summed E-state index contributed by atoms with van der Waals surface area (Å²) in [6.07, 6.45) is 1.55. The molecule has 1 aromatic heterocycles. The first-order chi connectivity index (χ1) is 9.03. The number of amides is 2. The van der Waals surface area contributed by atoms with Gasteiger partial charge in [-0.05, 0) is 23.6 Å². The fourth-order valence-electron chi connectivity index (χ4n) is 2.93. The van der Waals surface area contributed by atoms with Gasteiger partial charge in [0.05, 0.1) is 19.3 Å². The Kier molecular flexibility index (Phi) is 2.87. The van der Waals surface area contributed by atoms with Crippen molar-refractivity contribution in [3.05, 3.63) is 17.5 Å². The second-order valence-corrected chi connectivity index (χ2v) is 5.66. The first-order valence-corrected chi connectivity index (χ1v) is 6.59. The van der Waals surface area contributed by atoms with Crippen molar-refractivity contribution in [1.82, 2.24) is 15.3 Å². The number of urea groups is 1. The van der Waals surface area contributed by atoms with Gasteiger partial charge in [-0.3, -0.25) is 4.90 Å². The Balaban J connectivity index is 2.01. The van der Waals surface area contributed by atoms with Crippen molar-refractivity contribution < 1.29 is 9.53 Å². The van der Waals surface area contributed by atoms with Crippen LogP contribution in [0.25, 0.3) is 0 Å². The van der Waals surface area contributed by atoms with Crippen LogP contribution < -0.4 is 10.2 Å². The molecular weight excluding hydrogens is 268 g/mol. The number of anilines is 1. The van der Waals surface area contributed by atoms with Gasteiger partial charge in [-0.1, -0.05) is 13.8 Å². The zero-order valence-electron chi connectivity index (χ0n) is 10.8. The number of hydrogen-bond donors (Lipinski definition) is 1. The van der Waals surface area contributed by atoms with Crippen LogP contribution in [0.3, 0.4) is 0 Å². The van der Waals surface area contributed by atoms with E-state index >= 15 is 0 Å². The van der Waals surface area contributed by atoms with Crippen LogP contribution in [0.4, 0.5) is 10.6 Å². The summed E-state index contributed by atoms with van der Waals surface area (Å²) >= 11 is 5.81. The standard InChI is InChI=1S/C12H15ClN4O2/c1-7(2)9-12(5-19-6-12)16-11(18)17(9)8-3-4-14-10(13)15-8/h3-4,7,9H,5-6H2,1-2H3,(H,16,18). The van der Waals surface area contributed by atoms with E-state index in [9.17, 15) is 4.79 Å². The molecule has 2 aliphatic heterocycles. The van der Waals surface area contributed by atoms with Crippen molar-refractivity contribution in [3.63, 3.8) is 0 Å².